The molecule has 136 valence electrons. The van der Waals surface area contributed by atoms with Crippen LogP contribution in [0.2, 0.25) is 0 Å². The molecule has 0 radical (unpaired) electrons. The number of carbonyl (C=O) groups is 1. The molecular formula is C22H22N4O. The zero-order valence-corrected chi connectivity index (χ0v) is 15.7. The molecule has 2 N–H and O–H groups in total. The summed E-state index contributed by atoms with van der Waals surface area (Å²) in [5, 5.41) is 8.75. The summed E-state index contributed by atoms with van der Waals surface area (Å²) in [6.45, 7) is 5.89. The van der Waals surface area contributed by atoms with Gasteiger partial charge in [0, 0.05) is 16.6 Å². The van der Waals surface area contributed by atoms with E-state index in [9.17, 15) is 4.79 Å². The van der Waals surface area contributed by atoms with Crippen molar-refractivity contribution in [3.63, 3.8) is 0 Å². The van der Waals surface area contributed by atoms with E-state index >= 15 is 0 Å². The summed E-state index contributed by atoms with van der Waals surface area (Å²) < 4.78 is 1.86. The van der Waals surface area contributed by atoms with Crippen LogP contribution in [0, 0.1) is 20.8 Å². The fraction of sp³-hybridized carbons (Fsp3) is 0.182. The molecule has 2 aromatic carbocycles. The molecular weight excluding hydrogens is 336 g/mol. The predicted octanol–water partition coefficient (Wildman–Crippen LogP) is 4.46. The summed E-state index contributed by atoms with van der Waals surface area (Å²) in [5.41, 5.74) is 6.60. The summed E-state index contributed by atoms with van der Waals surface area (Å²) >= 11 is 0. The van der Waals surface area contributed by atoms with Gasteiger partial charge in [-0.2, -0.15) is 5.10 Å². The maximum absolute atomic E-state index is 12.8. The fourth-order valence-corrected chi connectivity index (χ4v) is 3.55. The van der Waals surface area contributed by atoms with E-state index in [0.29, 0.717) is 6.42 Å². The van der Waals surface area contributed by atoms with Gasteiger partial charge in [0.25, 0.3) is 0 Å². The van der Waals surface area contributed by atoms with Crippen molar-refractivity contribution in [2.24, 2.45) is 0 Å². The number of H-pyrrole nitrogens is 1. The first-order valence-electron chi connectivity index (χ1n) is 9.02. The summed E-state index contributed by atoms with van der Waals surface area (Å²) in [6, 6.07) is 18.0. The van der Waals surface area contributed by atoms with Crippen molar-refractivity contribution in [3.05, 3.63) is 77.2 Å². The summed E-state index contributed by atoms with van der Waals surface area (Å²) in [7, 11) is 0. The Bertz CT molecular complexity index is 1120. The van der Waals surface area contributed by atoms with Gasteiger partial charge in [-0.15, -0.1) is 0 Å². The molecule has 0 fully saturated rings. The molecule has 0 bridgehead atoms. The Morgan fingerprint density at radius 1 is 1.04 bits per heavy atom. The average molecular weight is 358 g/mol. The standard InChI is InChI=1S/C22H22N4O/c1-14-19(18-11-7-8-12-20(18)23-14)13-21(27)24-22-15(2)25-26(16(22)3)17-9-5-4-6-10-17/h4-12,23H,13H2,1-3H3,(H,24,27). The molecule has 5 heteroatoms. The Kier molecular flexibility index (Phi) is 4.28. The number of anilines is 1. The topological polar surface area (TPSA) is 62.7 Å². The molecule has 4 aromatic rings. The van der Waals surface area contributed by atoms with Crippen LogP contribution in [0.3, 0.4) is 0 Å². The van der Waals surface area contributed by atoms with Crippen molar-refractivity contribution in [2.45, 2.75) is 27.2 Å². The second-order valence-electron chi connectivity index (χ2n) is 6.79. The summed E-state index contributed by atoms with van der Waals surface area (Å²) in [6.07, 6.45) is 0.325. The third-order valence-corrected chi connectivity index (χ3v) is 4.92. The van der Waals surface area contributed by atoms with E-state index in [2.05, 4.69) is 15.4 Å². The van der Waals surface area contributed by atoms with E-state index in [1.54, 1.807) is 0 Å². The van der Waals surface area contributed by atoms with Crippen LogP contribution in [0.15, 0.2) is 54.6 Å². The van der Waals surface area contributed by atoms with Crippen LogP contribution >= 0.6 is 0 Å². The molecule has 0 saturated carbocycles. The van der Waals surface area contributed by atoms with Crippen molar-refractivity contribution in [1.29, 1.82) is 0 Å². The first-order valence-corrected chi connectivity index (χ1v) is 9.02. The molecule has 1 amide bonds. The summed E-state index contributed by atoms with van der Waals surface area (Å²) in [4.78, 5) is 16.1. The fourth-order valence-electron chi connectivity index (χ4n) is 3.55. The highest BCUT2D eigenvalue weighted by molar-refractivity contribution is 5.97. The van der Waals surface area contributed by atoms with Crippen molar-refractivity contribution in [2.75, 3.05) is 5.32 Å². The van der Waals surface area contributed by atoms with E-state index in [4.69, 9.17) is 0 Å². The lowest BCUT2D eigenvalue weighted by Crippen LogP contribution is -2.16. The quantitative estimate of drug-likeness (QED) is 0.566. The van der Waals surface area contributed by atoms with Crippen LogP contribution in [0.4, 0.5) is 5.69 Å². The molecule has 2 heterocycles. The largest absolute Gasteiger partial charge is 0.358 e. The number of aromatic nitrogens is 3. The van der Waals surface area contributed by atoms with E-state index in [-0.39, 0.29) is 5.91 Å². The third-order valence-electron chi connectivity index (χ3n) is 4.92. The Morgan fingerprint density at radius 3 is 2.52 bits per heavy atom. The van der Waals surface area contributed by atoms with Crippen LogP contribution in [0.25, 0.3) is 16.6 Å². The number of hydrogen-bond acceptors (Lipinski definition) is 2. The molecule has 0 aliphatic heterocycles. The van der Waals surface area contributed by atoms with E-state index in [1.807, 2.05) is 80.1 Å². The lowest BCUT2D eigenvalue weighted by atomic mass is 10.1. The van der Waals surface area contributed by atoms with E-state index in [0.717, 1.165) is 44.9 Å². The zero-order chi connectivity index (χ0) is 19.0. The van der Waals surface area contributed by atoms with Gasteiger partial charge < -0.3 is 10.3 Å². The molecule has 0 aliphatic carbocycles. The van der Waals surface area contributed by atoms with Crippen molar-refractivity contribution >= 4 is 22.5 Å². The third kappa shape index (κ3) is 3.12. The highest BCUT2D eigenvalue weighted by atomic mass is 16.1. The number of aryl methyl sites for hydroxylation is 2. The second kappa shape index (κ2) is 6.76. The van der Waals surface area contributed by atoms with Gasteiger partial charge in [0.15, 0.2) is 0 Å². The van der Waals surface area contributed by atoms with Crippen LogP contribution in [-0.4, -0.2) is 20.7 Å². The van der Waals surface area contributed by atoms with Gasteiger partial charge in [0.2, 0.25) is 5.91 Å². The van der Waals surface area contributed by atoms with Gasteiger partial charge >= 0.3 is 0 Å². The molecule has 4 rings (SSSR count). The highest BCUT2D eigenvalue weighted by Gasteiger charge is 2.17. The second-order valence-corrected chi connectivity index (χ2v) is 6.79. The Morgan fingerprint density at radius 2 is 1.74 bits per heavy atom. The lowest BCUT2D eigenvalue weighted by Gasteiger charge is -2.07. The molecule has 0 aliphatic rings. The molecule has 0 atom stereocenters. The number of fused-ring (bicyclic) bond motifs is 1. The first-order chi connectivity index (χ1) is 13.0. The minimum Gasteiger partial charge on any atom is -0.358 e. The van der Waals surface area contributed by atoms with Crippen LogP contribution in [-0.2, 0) is 11.2 Å². The number of nitrogens with one attached hydrogen (secondary N) is 2. The van der Waals surface area contributed by atoms with Crippen LogP contribution in [0.5, 0.6) is 0 Å². The molecule has 2 aromatic heterocycles. The molecule has 27 heavy (non-hydrogen) atoms. The predicted molar refractivity (Wildman–Crippen MR) is 108 cm³/mol. The van der Waals surface area contributed by atoms with Crippen molar-refractivity contribution < 1.29 is 4.79 Å². The zero-order valence-electron chi connectivity index (χ0n) is 15.7. The Hall–Kier alpha value is -3.34. The molecule has 5 nitrogen and oxygen atoms in total. The lowest BCUT2D eigenvalue weighted by molar-refractivity contribution is -0.115. The van der Waals surface area contributed by atoms with Crippen LogP contribution in [0.1, 0.15) is 22.6 Å². The van der Waals surface area contributed by atoms with Gasteiger partial charge in [0.05, 0.1) is 29.2 Å². The minimum atomic E-state index is -0.0401. The highest BCUT2D eigenvalue weighted by Crippen LogP contribution is 2.25. The molecule has 0 unspecified atom stereocenters. The number of amides is 1. The van der Waals surface area contributed by atoms with Crippen molar-refractivity contribution in [3.8, 4) is 5.69 Å². The number of carbonyl (C=O) groups excluding carboxylic acids is 1. The Labute approximate surface area is 158 Å². The van der Waals surface area contributed by atoms with Gasteiger partial charge in [0.1, 0.15) is 0 Å². The maximum atomic E-state index is 12.8. The number of hydrogen-bond donors (Lipinski definition) is 2. The van der Waals surface area contributed by atoms with Gasteiger partial charge in [-0.25, -0.2) is 4.68 Å². The molecule has 0 saturated heterocycles. The van der Waals surface area contributed by atoms with Gasteiger partial charge in [-0.3, -0.25) is 4.79 Å². The smallest absolute Gasteiger partial charge is 0.228 e. The van der Waals surface area contributed by atoms with Gasteiger partial charge in [-0.1, -0.05) is 36.4 Å². The molecule has 0 spiro atoms. The number of benzene rings is 2. The van der Waals surface area contributed by atoms with Crippen molar-refractivity contribution in [1.82, 2.24) is 14.8 Å². The normalized spacial score (nSPS) is 11.1. The maximum Gasteiger partial charge on any atom is 0.228 e. The number of para-hydroxylation sites is 2. The number of rotatable bonds is 4. The summed E-state index contributed by atoms with van der Waals surface area (Å²) in [5.74, 6) is -0.0401. The van der Waals surface area contributed by atoms with Gasteiger partial charge in [-0.05, 0) is 44.5 Å². The SMILES string of the molecule is Cc1nn(-c2ccccc2)c(C)c1NC(=O)Cc1c(C)[nH]c2ccccc12. The van der Waals surface area contributed by atoms with Crippen LogP contribution < -0.4 is 5.32 Å². The van der Waals surface area contributed by atoms with E-state index in [1.165, 1.54) is 0 Å². The first kappa shape index (κ1) is 17.1. The van der Waals surface area contributed by atoms with E-state index < -0.39 is 0 Å². The number of nitrogens with zero attached hydrogens (tertiary/aromatic N) is 2. The minimum absolute atomic E-state index is 0.0401. The average Bonchev–Trinajstić information content (AvgIpc) is 3.13. The number of aromatic amines is 1. The monoisotopic (exact) mass is 358 g/mol. The Balaban J connectivity index is 1.60.